The number of carbonyl (C=O) groups is 3. The number of methoxy groups -OCH3 is 1. The van der Waals surface area contributed by atoms with Crippen molar-refractivity contribution in [2.75, 3.05) is 7.11 Å². The van der Waals surface area contributed by atoms with Crippen LogP contribution >= 0.6 is 11.8 Å². The number of rotatable bonds is 4. The average molecular weight is 363 g/mol. The molecule has 0 bridgehead atoms. The molecule has 1 unspecified atom stereocenters. The Kier molecular flexibility index (Phi) is 4.51. The van der Waals surface area contributed by atoms with E-state index in [9.17, 15) is 14.4 Å². The zero-order valence-electron chi connectivity index (χ0n) is 14.3. The first-order valence-corrected chi connectivity index (χ1v) is 8.84. The van der Waals surface area contributed by atoms with E-state index in [1.165, 1.54) is 23.8 Å². The molecule has 0 aromatic heterocycles. The predicted octanol–water partition coefficient (Wildman–Crippen LogP) is 0.407. The predicted molar refractivity (Wildman–Crippen MR) is 93.4 cm³/mol. The van der Waals surface area contributed by atoms with Gasteiger partial charge in [-0.3, -0.25) is 9.59 Å². The van der Waals surface area contributed by atoms with Crippen LogP contribution in [-0.2, 0) is 19.1 Å². The molecule has 2 aliphatic rings. The van der Waals surface area contributed by atoms with E-state index in [2.05, 4.69) is 5.32 Å². The zero-order chi connectivity index (χ0) is 18.4. The molecule has 3 N–H and O–H groups in total. The molecule has 25 heavy (non-hydrogen) atoms. The molecule has 3 rings (SSSR count). The molecule has 1 aromatic rings. The van der Waals surface area contributed by atoms with Crippen molar-refractivity contribution in [2.45, 2.75) is 42.1 Å². The molecule has 0 aliphatic carbocycles. The summed E-state index contributed by atoms with van der Waals surface area (Å²) in [5.41, 5.74) is 6.66. The smallest absolute Gasteiger partial charge is 0.330 e. The van der Waals surface area contributed by atoms with E-state index in [4.69, 9.17) is 10.5 Å². The Labute approximate surface area is 150 Å². The van der Waals surface area contributed by atoms with Crippen molar-refractivity contribution in [3.63, 3.8) is 0 Å². The van der Waals surface area contributed by atoms with Gasteiger partial charge < -0.3 is 20.7 Å². The second kappa shape index (κ2) is 6.34. The topological polar surface area (TPSA) is 102 Å². The summed E-state index contributed by atoms with van der Waals surface area (Å²) >= 11 is 1.48. The number of fused-ring (bicyclic) bond motifs is 1. The summed E-state index contributed by atoms with van der Waals surface area (Å²) in [7, 11) is 1.30. The van der Waals surface area contributed by atoms with Gasteiger partial charge in [0.15, 0.2) is 0 Å². The number of ether oxygens (including phenoxy) is 1. The highest BCUT2D eigenvalue weighted by Crippen LogP contribution is 2.51. The summed E-state index contributed by atoms with van der Waals surface area (Å²) in [6.07, 6.45) is 0. The van der Waals surface area contributed by atoms with Crippen molar-refractivity contribution >= 4 is 29.5 Å². The summed E-state index contributed by atoms with van der Waals surface area (Å²) in [6, 6.07) is 6.78. The number of carbonyl (C=O) groups excluding carboxylic acids is 3. The summed E-state index contributed by atoms with van der Waals surface area (Å²) in [6.45, 7) is 3.78. The number of thioether (sulfide) groups is 1. The number of β-lactam (4-membered cyclic amide) rings is 1. The minimum atomic E-state index is -0.848. The lowest BCUT2D eigenvalue weighted by Gasteiger charge is -2.44. The van der Waals surface area contributed by atoms with E-state index in [1.54, 1.807) is 24.3 Å². The molecule has 2 heterocycles. The third-order valence-electron chi connectivity index (χ3n) is 4.60. The van der Waals surface area contributed by atoms with Gasteiger partial charge in [0, 0.05) is 4.75 Å². The molecular weight excluding hydrogens is 342 g/mol. The zero-order valence-corrected chi connectivity index (χ0v) is 15.1. The standard InChI is InChI=1S/C17H21N3O4S/c1-17(2)12(16(23)24-3)20-14(22)11(15(20)25-17)19-13(21)10(18)9-7-5-4-6-8-9/h4-8,10-12,15H,18H2,1-3H3,(H,19,21)/t10?,11-,12+,15-/m1/s1. The van der Waals surface area contributed by atoms with Gasteiger partial charge in [-0.2, -0.15) is 0 Å². The first kappa shape index (κ1) is 17.8. The largest absolute Gasteiger partial charge is 0.467 e. The number of amides is 2. The molecule has 4 atom stereocenters. The molecule has 2 saturated heterocycles. The molecule has 0 radical (unpaired) electrons. The van der Waals surface area contributed by atoms with Crippen LogP contribution in [0.15, 0.2) is 30.3 Å². The van der Waals surface area contributed by atoms with Gasteiger partial charge in [-0.1, -0.05) is 30.3 Å². The van der Waals surface area contributed by atoms with Gasteiger partial charge in [0.2, 0.25) is 11.8 Å². The second-order valence-electron chi connectivity index (χ2n) is 6.66. The molecule has 2 fully saturated rings. The van der Waals surface area contributed by atoms with Crippen LogP contribution in [0.4, 0.5) is 0 Å². The van der Waals surface area contributed by atoms with Gasteiger partial charge in [-0.15, -0.1) is 11.8 Å². The van der Waals surface area contributed by atoms with E-state index in [-0.39, 0.29) is 11.3 Å². The third kappa shape index (κ3) is 2.89. The van der Waals surface area contributed by atoms with Crippen molar-refractivity contribution in [3.8, 4) is 0 Å². The highest BCUT2D eigenvalue weighted by molar-refractivity contribution is 8.01. The van der Waals surface area contributed by atoms with Crippen LogP contribution in [-0.4, -0.2) is 52.0 Å². The molecule has 7 nitrogen and oxygen atoms in total. The van der Waals surface area contributed by atoms with Crippen LogP contribution in [0.1, 0.15) is 25.5 Å². The Morgan fingerprint density at radius 1 is 1.32 bits per heavy atom. The molecule has 0 saturated carbocycles. The van der Waals surface area contributed by atoms with Crippen molar-refractivity contribution < 1.29 is 19.1 Å². The number of nitrogens with one attached hydrogen (secondary N) is 1. The van der Waals surface area contributed by atoms with Crippen LogP contribution in [0.25, 0.3) is 0 Å². The number of esters is 1. The van der Waals surface area contributed by atoms with Gasteiger partial charge in [0.25, 0.3) is 0 Å². The fourth-order valence-corrected chi connectivity index (χ4v) is 4.91. The first-order chi connectivity index (χ1) is 11.8. The van der Waals surface area contributed by atoms with E-state index in [0.29, 0.717) is 5.56 Å². The minimum Gasteiger partial charge on any atom is -0.467 e. The van der Waals surface area contributed by atoms with Gasteiger partial charge in [-0.05, 0) is 19.4 Å². The van der Waals surface area contributed by atoms with Gasteiger partial charge in [0.05, 0.1) is 7.11 Å². The quantitative estimate of drug-likeness (QED) is 0.593. The van der Waals surface area contributed by atoms with Gasteiger partial charge >= 0.3 is 5.97 Å². The Bertz CT molecular complexity index is 709. The summed E-state index contributed by atoms with van der Waals surface area (Å²) in [5.74, 6) is -1.14. The lowest BCUT2D eigenvalue weighted by atomic mass is 9.95. The summed E-state index contributed by atoms with van der Waals surface area (Å²) in [4.78, 5) is 38.5. The van der Waals surface area contributed by atoms with Crippen LogP contribution in [0, 0.1) is 0 Å². The third-order valence-corrected chi connectivity index (χ3v) is 6.18. The van der Waals surface area contributed by atoms with E-state index in [1.807, 2.05) is 19.9 Å². The Morgan fingerprint density at radius 3 is 2.56 bits per heavy atom. The SMILES string of the molecule is COC(=O)[C@@H]1N2C(=O)[C@@H](NC(=O)C(N)c3ccccc3)[C@H]2SC1(C)C. The van der Waals surface area contributed by atoms with Crippen LogP contribution in [0.2, 0.25) is 0 Å². The minimum absolute atomic E-state index is 0.285. The molecule has 1 aromatic carbocycles. The molecular formula is C17H21N3O4S. The number of nitrogens with zero attached hydrogens (tertiary/aromatic N) is 1. The van der Waals surface area contributed by atoms with Crippen LogP contribution in [0.5, 0.6) is 0 Å². The first-order valence-electron chi connectivity index (χ1n) is 7.96. The number of nitrogens with two attached hydrogens (primary N) is 1. The van der Waals surface area contributed by atoms with Crippen molar-refractivity contribution in [2.24, 2.45) is 5.73 Å². The van der Waals surface area contributed by atoms with Crippen LogP contribution < -0.4 is 11.1 Å². The monoisotopic (exact) mass is 363 g/mol. The fraction of sp³-hybridized carbons (Fsp3) is 0.471. The van der Waals surface area contributed by atoms with E-state index in [0.717, 1.165) is 0 Å². The fourth-order valence-electron chi connectivity index (χ4n) is 3.29. The molecule has 2 amide bonds. The Balaban J connectivity index is 1.71. The average Bonchev–Trinajstić information content (AvgIpc) is 2.86. The maximum atomic E-state index is 12.5. The Hall–Kier alpha value is -2.06. The van der Waals surface area contributed by atoms with Crippen molar-refractivity contribution in [3.05, 3.63) is 35.9 Å². The molecule has 134 valence electrons. The molecule has 0 spiro atoms. The van der Waals surface area contributed by atoms with Gasteiger partial charge in [-0.25, -0.2) is 4.79 Å². The number of benzene rings is 1. The van der Waals surface area contributed by atoms with Crippen molar-refractivity contribution in [1.82, 2.24) is 10.2 Å². The maximum absolute atomic E-state index is 12.5. The molecule has 8 heteroatoms. The summed E-state index contributed by atoms with van der Waals surface area (Å²) in [5, 5.41) is 2.43. The molecule has 2 aliphatic heterocycles. The van der Waals surface area contributed by atoms with Crippen molar-refractivity contribution in [1.29, 1.82) is 0 Å². The highest BCUT2D eigenvalue weighted by Gasteiger charge is 2.64. The second-order valence-corrected chi connectivity index (χ2v) is 8.43. The number of hydrogen-bond donors (Lipinski definition) is 2. The number of hydrogen-bond acceptors (Lipinski definition) is 6. The lowest BCUT2D eigenvalue weighted by molar-refractivity contribution is -0.162. The van der Waals surface area contributed by atoms with E-state index >= 15 is 0 Å². The van der Waals surface area contributed by atoms with E-state index < -0.39 is 34.7 Å². The highest BCUT2D eigenvalue weighted by atomic mass is 32.2. The Morgan fingerprint density at radius 2 is 1.96 bits per heavy atom. The lowest BCUT2D eigenvalue weighted by Crippen LogP contribution is -2.71. The van der Waals surface area contributed by atoms with Gasteiger partial charge in [0.1, 0.15) is 23.5 Å². The normalized spacial score (nSPS) is 27.9. The summed E-state index contributed by atoms with van der Waals surface area (Å²) < 4.78 is 4.34. The van der Waals surface area contributed by atoms with Crippen LogP contribution in [0.3, 0.4) is 0 Å². The maximum Gasteiger partial charge on any atom is 0.330 e.